The molecule has 8 nitrogen and oxygen atoms in total. The zero-order valence-electron chi connectivity index (χ0n) is 35.7. The molecule has 53 heavy (non-hydrogen) atoms. The Morgan fingerprint density at radius 2 is 0.981 bits per heavy atom. The predicted octanol–water partition coefficient (Wildman–Crippen LogP) is 12.8. The fourth-order valence-corrected chi connectivity index (χ4v) is 7.12. The van der Waals surface area contributed by atoms with Gasteiger partial charge in [0.05, 0.1) is 34.0 Å². The van der Waals surface area contributed by atoms with Crippen LogP contribution in [0.15, 0.2) is 12.3 Å². The molecule has 0 amide bonds. The van der Waals surface area contributed by atoms with Crippen molar-refractivity contribution in [1.82, 2.24) is 0 Å². The molecule has 0 heterocycles. The Morgan fingerprint density at radius 1 is 0.585 bits per heavy atom. The van der Waals surface area contributed by atoms with E-state index in [0.29, 0.717) is 17.4 Å². The van der Waals surface area contributed by atoms with Crippen molar-refractivity contribution in [3.63, 3.8) is 0 Å². The number of likely N-dealkylation sites (N-methyl/N-ethyl adjacent to an activating group) is 1. The number of rotatable bonds is 42. The van der Waals surface area contributed by atoms with Gasteiger partial charge in [-0.3, -0.25) is 9.36 Å². The van der Waals surface area contributed by atoms with E-state index in [1.165, 1.54) is 161 Å². The Kier molecular flexibility index (Phi) is 37.3. The Balaban J connectivity index is 4.24. The smallest absolute Gasteiger partial charge is 0.306 e. The number of carbonyl (C=O) groups is 1. The van der Waals surface area contributed by atoms with Crippen LogP contribution in [0, 0.1) is 0 Å². The molecule has 2 atom stereocenters. The van der Waals surface area contributed by atoms with Gasteiger partial charge in [-0.1, -0.05) is 187 Å². The average molecular weight is 774 g/mol. The van der Waals surface area contributed by atoms with E-state index in [1.54, 1.807) is 6.26 Å². The van der Waals surface area contributed by atoms with Gasteiger partial charge in [-0.25, -0.2) is 0 Å². The standard InChI is InChI=1S/C44H88NO7P/c1-6-8-10-12-14-16-18-20-22-24-26-28-30-32-34-36-39-49-41-43(42-51-53(47,48)50-40-38-45(3,4)5)52-44(46)37-35-33-31-29-27-25-23-21-19-17-15-13-11-9-7-2/h36,39,43H,6-35,37-38,40-42H2,1-5H3/b39-36+/t43-/m1/s1. The monoisotopic (exact) mass is 774 g/mol. The number of allylic oxidation sites excluding steroid dienone is 1. The molecule has 316 valence electrons. The molecule has 0 rings (SSSR count). The van der Waals surface area contributed by atoms with Crippen LogP contribution in [-0.4, -0.2) is 64.1 Å². The van der Waals surface area contributed by atoms with Crippen molar-refractivity contribution < 1.29 is 37.3 Å². The van der Waals surface area contributed by atoms with Crippen LogP contribution in [0.3, 0.4) is 0 Å². The zero-order chi connectivity index (χ0) is 39.1. The number of unbranched alkanes of at least 4 members (excludes halogenated alkanes) is 28. The first-order chi connectivity index (χ1) is 25.6. The third-order valence-electron chi connectivity index (χ3n) is 9.91. The third kappa shape index (κ3) is 42.1. The molecule has 0 aliphatic rings. The van der Waals surface area contributed by atoms with Gasteiger partial charge in [0, 0.05) is 6.42 Å². The molecule has 9 heteroatoms. The molecule has 0 aromatic rings. The maximum atomic E-state index is 12.7. The first-order valence-electron chi connectivity index (χ1n) is 22.5. The summed E-state index contributed by atoms with van der Waals surface area (Å²) >= 11 is 0. The molecular formula is C44H88NO7P. The second kappa shape index (κ2) is 38.0. The number of hydrogen-bond donors (Lipinski definition) is 0. The Labute approximate surface area is 329 Å². The van der Waals surface area contributed by atoms with Crippen molar-refractivity contribution in [3.05, 3.63) is 12.3 Å². The second-order valence-electron chi connectivity index (χ2n) is 16.5. The van der Waals surface area contributed by atoms with Gasteiger partial charge in [0.2, 0.25) is 0 Å². The number of phosphoric ester groups is 1. The van der Waals surface area contributed by atoms with Gasteiger partial charge in [0.1, 0.15) is 19.8 Å². The lowest BCUT2D eigenvalue weighted by Crippen LogP contribution is -2.37. The fraction of sp³-hybridized carbons (Fsp3) is 0.932. The van der Waals surface area contributed by atoms with Gasteiger partial charge >= 0.3 is 5.97 Å². The minimum absolute atomic E-state index is 0.0203. The molecule has 0 aliphatic heterocycles. The van der Waals surface area contributed by atoms with Crippen molar-refractivity contribution in [2.45, 2.75) is 219 Å². The Bertz CT molecular complexity index is 863. The van der Waals surface area contributed by atoms with Crippen molar-refractivity contribution >= 4 is 13.8 Å². The summed E-state index contributed by atoms with van der Waals surface area (Å²) in [6.45, 7) is 4.77. The Hall–Kier alpha value is -0.920. The summed E-state index contributed by atoms with van der Waals surface area (Å²) in [6.07, 6.45) is 41.7. The van der Waals surface area contributed by atoms with Crippen LogP contribution in [0.1, 0.15) is 213 Å². The van der Waals surface area contributed by atoms with Gasteiger partial charge in [-0.15, -0.1) is 0 Å². The normalized spacial score (nSPS) is 13.8. The molecule has 0 bridgehead atoms. The maximum Gasteiger partial charge on any atom is 0.306 e. The highest BCUT2D eigenvalue weighted by molar-refractivity contribution is 7.45. The van der Waals surface area contributed by atoms with Gasteiger partial charge in [-0.05, 0) is 25.3 Å². The molecule has 1 unspecified atom stereocenters. The largest absolute Gasteiger partial charge is 0.756 e. The van der Waals surface area contributed by atoms with E-state index in [-0.39, 0.29) is 25.8 Å². The van der Waals surface area contributed by atoms with E-state index in [4.69, 9.17) is 18.5 Å². The van der Waals surface area contributed by atoms with Crippen molar-refractivity contribution in [2.75, 3.05) is 47.5 Å². The number of phosphoric acid groups is 1. The summed E-state index contributed by atoms with van der Waals surface area (Å²) in [7, 11) is 1.34. The van der Waals surface area contributed by atoms with Crippen LogP contribution in [0.25, 0.3) is 0 Å². The molecule has 0 fully saturated rings. The molecule has 0 saturated heterocycles. The van der Waals surface area contributed by atoms with Crippen LogP contribution in [-0.2, 0) is 27.9 Å². The van der Waals surface area contributed by atoms with E-state index in [0.717, 1.165) is 32.1 Å². The Morgan fingerprint density at radius 3 is 1.40 bits per heavy atom. The minimum Gasteiger partial charge on any atom is -0.756 e. The van der Waals surface area contributed by atoms with E-state index >= 15 is 0 Å². The van der Waals surface area contributed by atoms with E-state index in [9.17, 15) is 14.3 Å². The SMILES string of the molecule is CCCCCCCCCCCCCCCC/C=C/OC[C@H](COP(=O)([O-])OCC[N+](C)(C)C)OC(=O)CCCCCCCCCCCCCCCCC. The lowest BCUT2D eigenvalue weighted by Gasteiger charge is -2.28. The molecule has 0 aromatic carbocycles. The van der Waals surface area contributed by atoms with Crippen LogP contribution >= 0.6 is 7.82 Å². The molecule has 0 aliphatic carbocycles. The lowest BCUT2D eigenvalue weighted by molar-refractivity contribution is -0.870. The first kappa shape index (κ1) is 52.1. The summed E-state index contributed by atoms with van der Waals surface area (Å²) in [5.74, 6) is -0.352. The van der Waals surface area contributed by atoms with Crippen molar-refractivity contribution in [1.29, 1.82) is 0 Å². The van der Waals surface area contributed by atoms with Gasteiger partial charge in [0.15, 0.2) is 6.10 Å². The zero-order valence-corrected chi connectivity index (χ0v) is 36.6. The van der Waals surface area contributed by atoms with Crippen molar-refractivity contribution in [2.24, 2.45) is 0 Å². The van der Waals surface area contributed by atoms with E-state index in [2.05, 4.69) is 13.8 Å². The predicted molar refractivity (Wildman–Crippen MR) is 222 cm³/mol. The van der Waals surface area contributed by atoms with Crippen molar-refractivity contribution in [3.8, 4) is 0 Å². The number of nitrogens with zero attached hydrogens (tertiary/aromatic N) is 1. The molecule has 0 aromatic heterocycles. The fourth-order valence-electron chi connectivity index (χ4n) is 6.40. The van der Waals surface area contributed by atoms with Crippen LogP contribution in [0.5, 0.6) is 0 Å². The van der Waals surface area contributed by atoms with E-state index < -0.39 is 13.9 Å². The van der Waals surface area contributed by atoms with E-state index in [1.807, 2.05) is 27.2 Å². The average Bonchev–Trinajstić information content (AvgIpc) is 3.11. The lowest BCUT2D eigenvalue weighted by atomic mass is 10.0. The summed E-state index contributed by atoms with van der Waals surface area (Å²) in [5.41, 5.74) is 0. The highest BCUT2D eigenvalue weighted by atomic mass is 31.2. The topological polar surface area (TPSA) is 94.1 Å². The summed E-state index contributed by atoms with van der Waals surface area (Å²) in [5, 5.41) is 0. The highest BCUT2D eigenvalue weighted by Gasteiger charge is 2.20. The third-order valence-corrected chi connectivity index (χ3v) is 10.9. The molecule has 0 radical (unpaired) electrons. The molecule has 0 saturated carbocycles. The van der Waals surface area contributed by atoms with Crippen LogP contribution in [0.2, 0.25) is 0 Å². The number of hydrogen-bond acceptors (Lipinski definition) is 7. The number of quaternary nitrogens is 1. The first-order valence-corrected chi connectivity index (χ1v) is 23.9. The number of carbonyl (C=O) groups excluding carboxylic acids is 1. The van der Waals surface area contributed by atoms with Gasteiger partial charge < -0.3 is 27.9 Å². The highest BCUT2D eigenvalue weighted by Crippen LogP contribution is 2.38. The quantitative estimate of drug-likeness (QED) is 0.0200. The minimum atomic E-state index is -4.53. The van der Waals surface area contributed by atoms with Crippen LogP contribution < -0.4 is 4.89 Å². The molecule has 0 N–H and O–H groups in total. The number of esters is 1. The summed E-state index contributed by atoms with van der Waals surface area (Å²) in [6, 6.07) is 0. The van der Waals surface area contributed by atoms with Gasteiger partial charge in [0.25, 0.3) is 7.82 Å². The summed E-state index contributed by atoms with van der Waals surface area (Å²) in [4.78, 5) is 25.0. The van der Waals surface area contributed by atoms with Crippen LogP contribution in [0.4, 0.5) is 0 Å². The van der Waals surface area contributed by atoms with Gasteiger partial charge in [-0.2, -0.15) is 0 Å². The molecular weight excluding hydrogens is 685 g/mol. The number of ether oxygens (including phenoxy) is 2. The molecule has 0 spiro atoms. The second-order valence-corrected chi connectivity index (χ2v) is 17.9. The summed E-state index contributed by atoms with van der Waals surface area (Å²) < 4.78 is 34.4. The maximum absolute atomic E-state index is 12.7.